The molecule has 4 heteroatoms. The minimum Gasteiger partial charge on any atom is -0.472 e. The number of rotatable bonds is 3. The molecular weight excluding hydrogens is 908 g/mol. The van der Waals surface area contributed by atoms with Gasteiger partial charge in [-0.15, -0.1) is 0 Å². The van der Waals surface area contributed by atoms with Gasteiger partial charge < -0.3 is 14.2 Å². The second-order valence-corrected chi connectivity index (χ2v) is 32.2. The molecule has 0 saturated heterocycles. The topological polar surface area (TPSA) is 19.6 Å². The van der Waals surface area contributed by atoms with Crippen LogP contribution in [0.4, 0.5) is 22.7 Å². The summed E-state index contributed by atoms with van der Waals surface area (Å²) in [6.07, 6.45) is 19.0. The van der Waals surface area contributed by atoms with E-state index in [9.17, 15) is 0 Å². The Kier molecular flexibility index (Phi) is 10.9. The second-order valence-electron chi connectivity index (χ2n) is 32.2. The normalized spacial score (nSPS) is 27.5. The average molecular weight is 1000 g/mol. The largest absolute Gasteiger partial charge is 0.472 e. The fourth-order valence-corrected chi connectivity index (χ4v) is 16.7. The van der Waals surface area contributed by atoms with Crippen molar-refractivity contribution in [3.63, 3.8) is 0 Å². The van der Waals surface area contributed by atoms with E-state index in [1.54, 1.807) is 5.57 Å². The van der Waals surface area contributed by atoms with E-state index in [2.05, 4.69) is 221 Å². The van der Waals surface area contributed by atoms with Gasteiger partial charge in [0, 0.05) is 45.0 Å². The number of furan rings is 1. The van der Waals surface area contributed by atoms with Gasteiger partial charge in [0.2, 0.25) is 0 Å². The van der Waals surface area contributed by atoms with Gasteiger partial charge in [-0.25, -0.2) is 0 Å². The predicted octanol–water partition coefficient (Wildman–Crippen LogP) is 18.4. The van der Waals surface area contributed by atoms with E-state index in [1.807, 2.05) is 0 Å². The number of anilines is 4. The second kappa shape index (κ2) is 15.9. The first-order chi connectivity index (χ1) is 34.7. The summed E-state index contributed by atoms with van der Waals surface area (Å²) in [5.41, 5.74) is 24.3. The Bertz CT molecular complexity index is 3230. The lowest BCUT2D eigenvalue weighted by atomic mass is 9.33. The molecule has 0 radical (unpaired) electrons. The summed E-state index contributed by atoms with van der Waals surface area (Å²) in [6.45, 7) is 50.0. The molecule has 12 rings (SSSR count). The van der Waals surface area contributed by atoms with Gasteiger partial charge in [-0.2, -0.15) is 0 Å². The van der Waals surface area contributed by atoms with Crippen LogP contribution in [0, 0.1) is 46.3 Å². The third kappa shape index (κ3) is 7.52. The summed E-state index contributed by atoms with van der Waals surface area (Å²) in [6, 6.07) is 22.3. The zero-order valence-corrected chi connectivity index (χ0v) is 50.4. The standard InChI is InChI=1S/C71H93BN2O/c1-42-35-56-59-57(36-42)74(54-40-51-49(66(9,10)29-31-68(51,13)14)38-45(54)44-23-21-22-24-46(44)63(2,3)4)55-41-52-50(67(11,12)30-32-69(52,15)16)39-53(55)72(59)62-60(58-61(75-62)71(19,20)34-33-70(58,17)18)73(56)43-25-26-47-48(37-43)65(7,8)28-27-64(47,5)6/h21-26,35-40,49,51-52H,27-34,41H2,1-20H3. The van der Waals surface area contributed by atoms with Crippen molar-refractivity contribution >= 4 is 46.2 Å². The molecule has 396 valence electrons. The van der Waals surface area contributed by atoms with Crippen LogP contribution in [-0.2, 0) is 27.1 Å². The molecule has 2 aliphatic heterocycles. The Morgan fingerprint density at radius 2 is 1.16 bits per heavy atom. The maximum Gasteiger partial charge on any atom is 0.296 e. The molecule has 3 atom stereocenters. The third-order valence-electron chi connectivity index (χ3n) is 22.2. The molecule has 3 unspecified atom stereocenters. The fraction of sp³-hybridized carbons (Fsp3) is 0.577. The zero-order chi connectivity index (χ0) is 53.9. The molecule has 8 aliphatic rings. The first-order valence-electron chi connectivity index (χ1n) is 29.7. The Morgan fingerprint density at radius 1 is 0.587 bits per heavy atom. The summed E-state index contributed by atoms with van der Waals surface area (Å²) >= 11 is 0. The molecular formula is C71H93BN2O. The Balaban J connectivity index is 1.22. The van der Waals surface area contributed by atoms with Gasteiger partial charge in [0.15, 0.2) is 0 Å². The van der Waals surface area contributed by atoms with Crippen LogP contribution in [-0.4, -0.2) is 6.71 Å². The fourth-order valence-electron chi connectivity index (χ4n) is 16.7. The van der Waals surface area contributed by atoms with E-state index in [0.29, 0.717) is 17.8 Å². The highest BCUT2D eigenvalue weighted by Crippen LogP contribution is 2.63. The van der Waals surface area contributed by atoms with E-state index >= 15 is 0 Å². The van der Waals surface area contributed by atoms with Crippen LogP contribution in [0.1, 0.15) is 228 Å². The minimum atomic E-state index is -0.103. The maximum atomic E-state index is 7.97. The molecule has 2 saturated carbocycles. The predicted molar refractivity (Wildman–Crippen MR) is 321 cm³/mol. The van der Waals surface area contributed by atoms with Crippen LogP contribution in [0.25, 0.3) is 5.57 Å². The Morgan fingerprint density at radius 3 is 1.83 bits per heavy atom. The highest BCUT2D eigenvalue weighted by molar-refractivity contribution is 6.95. The molecule has 2 fully saturated rings. The van der Waals surface area contributed by atoms with E-state index in [-0.39, 0.29) is 55.4 Å². The monoisotopic (exact) mass is 1000 g/mol. The van der Waals surface area contributed by atoms with Crippen molar-refractivity contribution in [2.45, 2.75) is 223 Å². The van der Waals surface area contributed by atoms with Gasteiger partial charge in [0.1, 0.15) is 5.76 Å². The number of fused-ring (bicyclic) bond motifs is 8. The molecule has 0 bridgehead atoms. The van der Waals surface area contributed by atoms with Gasteiger partial charge in [0.05, 0.1) is 11.3 Å². The maximum absolute atomic E-state index is 7.97. The average Bonchev–Trinajstić information content (AvgIpc) is 3.75. The van der Waals surface area contributed by atoms with Crippen molar-refractivity contribution in [3.05, 3.63) is 134 Å². The van der Waals surface area contributed by atoms with Gasteiger partial charge >= 0.3 is 0 Å². The van der Waals surface area contributed by atoms with E-state index in [1.165, 1.54) is 128 Å². The highest BCUT2D eigenvalue weighted by atomic mass is 16.3. The Hall–Kier alpha value is -4.44. The van der Waals surface area contributed by atoms with Crippen LogP contribution >= 0.6 is 0 Å². The van der Waals surface area contributed by atoms with Crippen molar-refractivity contribution in [1.29, 1.82) is 0 Å². The number of aryl methyl sites for hydroxylation is 1. The summed E-state index contributed by atoms with van der Waals surface area (Å²) in [7, 11) is 0. The smallest absolute Gasteiger partial charge is 0.296 e. The number of hydrogen-bond donors (Lipinski definition) is 0. The van der Waals surface area contributed by atoms with Gasteiger partial charge in [-0.1, -0.05) is 186 Å². The van der Waals surface area contributed by atoms with Crippen molar-refractivity contribution in [2.24, 2.45) is 39.4 Å². The summed E-state index contributed by atoms with van der Waals surface area (Å²) in [5.74, 6) is 2.43. The SMILES string of the molecule is Cc1cc2c3c(c1)N(c1ccc4c(c1)C(C)(C)CCC4(C)C)c1c(oc4c1C(C)(C)CCC4(C)C)B3C1=C(CC3C(=C1)C(C)(C)CCC3(C)C)N2C1=CC2C(C=C1c1ccccc1C(C)(C)C)C(C)(C)CCC2(C)C. The lowest BCUT2D eigenvalue weighted by molar-refractivity contribution is 0.0331. The molecule has 75 heavy (non-hydrogen) atoms. The van der Waals surface area contributed by atoms with Crippen molar-refractivity contribution in [2.75, 3.05) is 9.80 Å². The number of nitrogens with zero attached hydrogens (tertiary/aromatic N) is 2. The summed E-state index contributed by atoms with van der Waals surface area (Å²) < 4.78 is 7.97. The number of allylic oxidation sites excluding steroid dienone is 7. The first-order valence-corrected chi connectivity index (χ1v) is 29.7. The van der Waals surface area contributed by atoms with Crippen LogP contribution in [0.5, 0.6) is 0 Å². The molecule has 6 aliphatic carbocycles. The van der Waals surface area contributed by atoms with Gasteiger partial charge in [-0.3, -0.25) is 0 Å². The zero-order valence-electron chi connectivity index (χ0n) is 50.4. The number of benzene rings is 3. The van der Waals surface area contributed by atoms with Crippen LogP contribution in [0.3, 0.4) is 0 Å². The van der Waals surface area contributed by atoms with Crippen molar-refractivity contribution in [1.82, 2.24) is 0 Å². The molecule has 0 amide bonds. The molecule has 3 nitrogen and oxygen atoms in total. The van der Waals surface area contributed by atoms with Gasteiger partial charge in [-0.05, 0) is 189 Å². The van der Waals surface area contributed by atoms with Crippen LogP contribution < -0.4 is 20.9 Å². The van der Waals surface area contributed by atoms with E-state index in [0.717, 1.165) is 24.9 Å². The lowest BCUT2D eigenvalue weighted by Gasteiger charge is -2.55. The lowest BCUT2D eigenvalue weighted by Crippen LogP contribution is -2.57. The minimum absolute atomic E-state index is 0.0453. The summed E-state index contributed by atoms with van der Waals surface area (Å²) in [5, 5.41) is 0. The molecule has 0 N–H and O–H groups in total. The van der Waals surface area contributed by atoms with Crippen molar-refractivity contribution < 1.29 is 4.42 Å². The quantitative estimate of drug-likeness (QED) is 0.191. The third-order valence-corrected chi connectivity index (χ3v) is 22.2. The Labute approximate surface area is 455 Å². The molecule has 1 aromatic heterocycles. The van der Waals surface area contributed by atoms with Crippen molar-refractivity contribution in [3.8, 4) is 0 Å². The molecule has 3 heterocycles. The summed E-state index contributed by atoms with van der Waals surface area (Å²) in [4.78, 5) is 5.65. The van der Waals surface area contributed by atoms with Crippen LogP contribution in [0.15, 0.2) is 99.7 Å². The first kappa shape index (κ1) is 51.3. The number of hydrogen-bond acceptors (Lipinski definition) is 3. The van der Waals surface area contributed by atoms with Crippen LogP contribution in [0.2, 0.25) is 0 Å². The highest BCUT2D eigenvalue weighted by Gasteiger charge is 2.57. The molecule has 0 spiro atoms. The van der Waals surface area contributed by atoms with E-state index in [4.69, 9.17) is 4.42 Å². The van der Waals surface area contributed by atoms with E-state index < -0.39 is 0 Å². The van der Waals surface area contributed by atoms with Gasteiger partial charge in [0.25, 0.3) is 6.71 Å². The molecule has 4 aromatic rings. The molecule has 3 aromatic carbocycles.